The van der Waals surface area contributed by atoms with E-state index in [0.29, 0.717) is 11.4 Å². The average molecular weight is 256 g/mol. The van der Waals surface area contributed by atoms with Crippen molar-refractivity contribution in [3.05, 3.63) is 53.3 Å². The number of benzene rings is 2. The van der Waals surface area contributed by atoms with Gasteiger partial charge in [0.05, 0.1) is 0 Å². The summed E-state index contributed by atoms with van der Waals surface area (Å²) < 4.78 is 13.3. The van der Waals surface area contributed by atoms with Crippen LogP contribution in [0, 0.1) is 5.82 Å². The first-order valence-corrected chi connectivity index (χ1v) is 6.66. The zero-order valence-electron chi connectivity index (χ0n) is 10.7. The van der Waals surface area contributed by atoms with Gasteiger partial charge in [0.2, 0.25) is 0 Å². The SMILES string of the molecule is Nc1cc(F)cc(Nc2cccc3c2CCCC3)c1. The molecule has 2 aromatic carbocycles. The molecule has 0 atom stereocenters. The highest BCUT2D eigenvalue weighted by atomic mass is 19.1. The number of nitrogens with one attached hydrogen (secondary N) is 1. The maximum atomic E-state index is 13.3. The topological polar surface area (TPSA) is 38.0 Å². The van der Waals surface area contributed by atoms with Crippen molar-refractivity contribution in [1.29, 1.82) is 0 Å². The third-order valence-electron chi connectivity index (χ3n) is 3.60. The fraction of sp³-hybridized carbons (Fsp3) is 0.250. The van der Waals surface area contributed by atoms with Crippen LogP contribution in [-0.2, 0) is 12.8 Å². The van der Waals surface area contributed by atoms with Crippen molar-refractivity contribution >= 4 is 17.1 Å². The van der Waals surface area contributed by atoms with E-state index in [0.717, 1.165) is 18.5 Å². The van der Waals surface area contributed by atoms with Crippen LogP contribution in [0.1, 0.15) is 24.0 Å². The van der Waals surface area contributed by atoms with Crippen molar-refractivity contribution in [1.82, 2.24) is 0 Å². The Labute approximate surface area is 112 Å². The Morgan fingerprint density at radius 2 is 1.89 bits per heavy atom. The second kappa shape index (κ2) is 4.92. The van der Waals surface area contributed by atoms with Gasteiger partial charge in [-0.05, 0) is 61.1 Å². The second-order valence-corrected chi connectivity index (χ2v) is 5.05. The molecular weight excluding hydrogens is 239 g/mol. The van der Waals surface area contributed by atoms with Crippen LogP contribution in [0.25, 0.3) is 0 Å². The van der Waals surface area contributed by atoms with Crippen molar-refractivity contribution in [2.75, 3.05) is 11.1 Å². The molecule has 1 aliphatic carbocycles. The van der Waals surface area contributed by atoms with Crippen LogP contribution in [0.3, 0.4) is 0 Å². The normalized spacial score (nSPS) is 13.9. The van der Waals surface area contributed by atoms with Gasteiger partial charge in [0.25, 0.3) is 0 Å². The van der Waals surface area contributed by atoms with Gasteiger partial charge in [-0.3, -0.25) is 0 Å². The van der Waals surface area contributed by atoms with E-state index in [-0.39, 0.29) is 5.82 Å². The summed E-state index contributed by atoms with van der Waals surface area (Å²) in [6.07, 6.45) is 4.69. The fourth-order valence-corrected chi connectivity index (χ4v) is 2.74. The standard InChI is InChI=1S/C16H17FN2/c17-12-8-13(18)10-14(9-12)19-16-7-3-5-11-4-1-2-6-15(11)16/h3,5,7-10,19H,1-2,4,6,18H2. The minimum Gasteiger partial charge on any atom is -0.399 e. The molecule has 0 amide bonds. The predicted octanol–water partition coefficient (Wildman–Crippen LogP) is 4.03. The smallest absolute Gasteiger partial charge is 0.127 e. The molecule has 3 rings (SSSR count). The molecule has 3 heteroatoms. The Kier molecular flexibility index (Phi) is 3.11. The number of aryl methyl sites for hydroxylation is 1. The summed E-state index contributed by atoms with van der Waals surface area (Å²) >= 11 is 0. The number of rotatable bonds is 2. The lowest BCUT2D eigenvalue weighted by molar-refractivity contribution is 0.629. The van der Waals surface area contributed by atoms with Crippen molar-refractivity contribution in [3.8, 4) is 0 Å². The summed E-state index contributed by atoms with van der Waals surface area (Å²) in [5.41, 5.74) is 10.6. The largest absolute Gasteiger partial charge is 0.399 e. The fourth-order valence-electron chi connectivity index (χ4n) is 2.74. The summed E-state index contributed by atoms with van der Waals surface area (Å²) in [7, 11) is 0. The summed E-state index contributed by atoms with van der Waals surface area (Å²) in [6, 6.07) is 10.8. The molecule has 19 heavy (non-hydrogen) atoms. The minimum atomic E-state index is -0.313. The monoisotopic (exact) mass is 256 g/mol. The van der Waals surface area contributed by atoms with Gasteiger partial charge in [-0.15, -0.1) is 0 Å². The zero-order valence-corrected chi connectivity index (χ0v) is 10.7. The Hall–Kier alpha value is -2.03. The third kappa shape index (κ3) is 2.55. The summed E-state index contributed by atoms with van der Waals surface area (Å²) in [5.74, 6) is -0.313. The first-order valence-electron chi connectivity index (χ1n) is 6.66. The molecule has 0 unspecified atom stereocenters. The van der Waals surface area contributed by atoms with Crippen LogP contribution >= 0.6 is 0 Å². The molecule has 98 valence electrons. The van der Waals surface area contributed by atoms with E-state index in [9.17, 15) is 4.39 Å². The summed E-state index contributed by atoms with van der Waals surface area (Å²) in [4.78, 5) is 0. The Morgan fingerprint density at radius 3 is 2.74 bits per heavy atom. The van der Waals surface area contributed by atoms with Gasteiger partial charge in [0.15, 0.2) is 0 Å². The van der Waals surface area contributed by atoms with Gasteiger partial charge in [-0.25, -0.2) is 4.39 Å². The van der Waals surface area contributed by atoms with E-state index in [1.165, 1.54) is 36.1 Å². The molecule has 1 aliphatic rings. The molecule has 3 N–H and O–H groups in total. The lowest BCUT2D eigenvalue weighted by atomic mass is 9.90. The molecule has 0 aromatic heterocycles. The number of hydrogen-bond acceptors (Lipinski definition) is 2. The van der Waals surface area contributed by atoms with E-state index in [1.807, 2.05) is 6.07 Å². The zero-order chi connectivity index (χ0) is 13.2. The number of anilines is 3. The maximum absolute atomic E-state index is 13.3. The van der Waals surface area contributed by atoms with Crippen LogP contribution < -0.4 is 11.1 Å². The first kappa shape index (κ1) is 12.0. The van der Waals surface area contributed by atoms with Crippen LogP contribution in [0.5, 0.6) is 0 Å². The van der Waals surface area contributed by atoms with Gasteiger partial charge in [-0.1, -0.05) is 12.1 Å². The molecule has 0 radical (unpaired) electrons. The lowest BCUT2D eigenvalue weighted by Gasteiger charge is -2.20. The van der Waals surface area contributed by atoms with E-state index < -0.39 is 0 Å². The average Bonchev–Trinajstić information content (AvgIpc) is 2.38. The summed E-state index contributed by atoms with van der Waals surface area (Å²) in [5, 5.41) is 3.29. The lowest BCUT2D eigenvalue weighted by Crippen LogP contribution is -2.06. The van der Waals surface area contributed by atoms with Crippen LogP contribution in [0.2, 0.25) is 0 Å². The maximum Gasteiger partial charge on any atom is 0.127 e. The van der Waals surface area contributed by atoms with Crippen molar-refractivity contribution in [2.24, 2.45) is 0 Å². The van der Waals surface area contributed by atoms with Crippen LogP contribution in [0.4, 0.5) is 21.5 Å². The second-order valence-electron chi connectivity index (χ2n) is 5.05. The molecule has 0 saturated carbocycles. The molecule has 2 aromatic rings. The van der Waals surface area contributed by atoms with E-state index in [1.54, 1.807) is 6.07 Å². The number of hydrogen-bond donors (Lipinski definition) is 2. The number of nitrogens with two attached hydrogens (primary N) is 1. The Morgan fingerprint density at radius 1 is 1.05 bits per heavy atom. The van der Waals surface area contributed by atoms with Crippen molar-refractivity contribution in [3.63, 3.8) is 0 Å². The Balaban J connectivity index is 1.95. The molecule has 0 aliphatic heterocycles. The van der Waals surface area contributed by atoms with Gasteiger partial charge < -0.3 is 11.1 Å². The van der Waals surface area contributed by atoms with E-state index >= 15 is 0 Å². The van der Waals surface area contributed by atoms with Gasteiger partial charge in [0.1, 0.15) is 5.82 Å². The molecule has 0 bridgehead atoms. The predicted molar refractivity (Wildman–Crippen MR) is 77.2 cm³/mol. The molecule has 0 heterocycles. The van der Waals surface area contributed by atoms with Crippen molar-refractivity contribution in [2.45, 2.75) is 25.7 Å². The van der Waals surface area contributed by atoms with E-state index in [2.05, 4.69) is 17.4 Å². The number of nitrogen functional groups attached to an aromatic ring is 1. The van der Waals surface area contributed by atoms with Gasteiger partial charge in [0, 0.05) is 17.1 Å². The minimum absolute atomic E-state index is 0.313. The molecule has 0 saturated heterocycles. The quantitative estimate of drug-likeness (QED) is 0.796. The molecule has 2 nitrogen and oxygen atoms in total. The summed E-state index contributed by atoms with van der Waals surface area (Å²) in [6.45, 7) is 0. The molecule has 0 fully saturated rings. The number of fused-ring (bicyclic) bond motifs is 1. The first-order chi connectivity index (χ1) is 9.22. The van der Waals surface area contributed by atoms with E-state index in [4.69, 9.17) is 5.73 Å². The van der Waals surface area contributed by atoms with Gasteiger partial charge in [-0.2, -0.15) is 0 Å². The molecular formula is C16H17FN2. The highest BCUT2D eigenvalue weighted by Gasteiger charge is 2.13. The molecule has 0 spiro atoms. The van der Waals surface area contributed by atoms with Crippen LogP contribution in [-0.4, -0.2) is 0 Å². The van der Waals surface area contributed by atoms with Crippen LogP contribution in [0.15, 0.2) is 36.4 Å². The third-order valence-corrected chi connectivity index (χ3v) is 3.60. The Bertz CT molecular complexity index is 587. The highest BCUT2D eigenvalue weighted by molar-refractivity contribution is 5.67. The van der Waals surface area contributed by atoms with Crippen molar-refractivity contribution < 1.29 is 4.39 Å². The highest BCUT2D eigenvalue weighted by Crippen LogP contribution is 2.30. The number of halogens is 1. The van der Waals surface area contributed by atoms with Gasteiger partial charge >= 0.3 is 0 Å².